The van der Waals surface area contributed by atoms with Gasteiger partial charge in [-0.15, -0.1) is 0 Å². The van der Waals surface area contributed by atoms with Gasteiger partial charge in [0.1, 0.15) is 0 Å². The lowest BCUT2D eigenvalue weighted by molar-refractivity contribution is 0.0908. The Bertz CT molecular complexity index is 445. The number of hydrogen-bond acceptors (Lipinski definition) is 2. The van der Waals surface area contributed by atoms with Crippen LogP contribution in [0.1, 0.15) is 36.0 Å². The van der Waals surface area contributed by atoms with Crippen molar-refractivity contribution < 1.29 is 4.79 Å². The molecule has 1 aliphatic carbocycles. The molecular weight excluding hydrogens is 283 g/mol. The highest BCUT2D eigenvalue weighted by molar-refractivity contribution is 6.39. The molecule has 1 saturated carbocycles. The minimum Gasteiger partial charge on any atom is -0.349 e. The number of benzene rings is 1. The molecule has 3 nitrogen and oxygen atoms in total. The van der Waals surface area contributed by atoms with Gasteiger partial charge < -0.3 is 11.1 Å². The number of rotatable bonds is 3. The van der Waals surface area contributed by atoms with Gasteiger partial charge >= 0.3 is 0 Å². The van der Waals surface area contributed by atoms with E-state index >= 15 is 0 Å². The average Bonchev–Trinajstić information content (AvgIpc) is 2.39. The second kappa shape index (κ2) is 6.60. The van der Waals surface area contributed by atoms with E-state index < -0.39 is 0 Å². The number of halogens is 2. The Labute approximate surface area is 123 Å². The summed E-state index contributed by atoms with van der Waals surface area (Å²) >= 11 is 12.1. The van der Waals surface area contributed by atoms with Crippen LogP contribution in [0.4, 0.5) is 0 Å². The van der Waals surface area contributed by atoms with E-state index in [1.807, 2.05) is 0 Å². The summed E-state index contributed by atoms with van der Waals surface area (Å²) in [7, 11) is 0. The van der Waals surface area contributed by atoms with E-state index in [1.165, 1.54) is 6.42 Å². The summed E-state index contributed by atoms with van der Waals surface area (Å²) in [6.45, 7) is 0.598. The lowest BCUT2D eigenvalue weighted by Crippen LogP contribution is -2.44. The van der Waals surface area contributed by atoms with Crippen molar-refractivity contribution in [3.05, 3.63) is 33.8 Å². The molecule has 0 aromatic heterocycles. The number of nitrogens with two attached hydrogens (primary N) is 1. The molecule has 104 valence electrons. The molecule has 1 aromatic rings. The van der Waals surface area contributed by atoms with Crippen LogP contribution in [-0.4, -0.2) is 18.5 Å². The molecule has 1 aromatic carbocycles. The predicted molar refractivity (Wildman–Crippen MR) is 78.7 cm³/mol. The maximum absolute atomic E-state index is 12.3. The molecular formula is C14H18Cl2N2O. The third-order valence-electron chi connectivity index (χ3n) is 3.72. The van der Waals surface area contributed by atoms with Crippen molar-refractivity contribution in [2.24, 2.45) is 11.7 Å². The van der Waals surface area contributed by atoms with Crippen LogP contribution in [0.5, 0.6) is 0 Å². The maximum atomic E-state index is 12.3. The third kappa shape index (κ3) is 3.41. The number of hydrogen-bond donors (Lipinski definition) is 2. The monoisotopic (exact) mass is 300 g/mol. The molecule has 1 aliphatic rings. The van der Waals surface area contributed by atoms with E-state index in [4.69, 9.17) is 28.9 Å². The highest BCUT2D eigenvalue weighted by Crippen LogP contribution is 2.27. The minimum atomic E-state index is -0.207. The van der Waals surface area contributed by atoms with Crippen LogP contribution >= 0.6 is 23.2 Å². The number of carbonyl (C=O) groups is 1. The van der Waals surface area contributed by atoms with Crippen molar-refractivity contribution in [2.75, 3.05) is 6.54 Å². The zero-order chi connectivity index (χ0) is 13.8. The quantitative estimate of drug-likeness (QED) is 0.900. The first-order chi connectivity index (χ1) is 9.13. The fraction of sp³-hybridized carbons (Fsp3) is 0.500. The molecule has 0 heterocycles. The number of carbonyl (C=O) groups excluding carboxylic acids is 1. The van der Waals surface area contributed by atoms with Crippen LogP contribution in [0.3, 0.4) is 0 Å². The zero-order valence-corrected chi connectivity index (χ0v) is 12.2. The second-order valence-corrected chi connectivity index (χ2v) is 5.77. The van der Waals surface area contributed by atoms with E-state index in [9.17, 15) is 4.79 Å². The van der Waals surface area contributed by atoms with Gasteiger partial charge in [0.25, 0.3) is 5.91 Å². The van der Waals surface area contributed by atoms with E-state index in [2.05, 4.69) is 5.32 Å². The number of amides is 1. The first-order valence-electron chi connectivity index (χ1n) is 6.58. The van der Waals surface area contributed by atoms with Crippen molar-refractivity contribution >= 4 is 29.1 Å². The molecule has 2 atom stereocenters. The van der Waals surface area contributed by atoms with E-state index in [0.717, 1.165) is 19.3 Å². The zero-order valence-electron chi connectivity index (χ0n) is 10.7. The molecule has 0 spiro atoms. The van der Waals surface area contributed by atoms with Crippen molar-refractivity contribution in [2.45, 2.75) is 31.7 Å². The summed E-state index contributed by atoms with van der Waals surface area (Å²) in [5.74, 6) is 0.139. The van der Waals surface area contributed by atoms with Crippen molar-refractivity contribution in [1.29, 1.82) is 0 Å². The molecule has 19 heavy (non-hydrogen) atoms. The molecule has 1 fully saturated rings. The Morgan fingerprint density at radius 2 is 1.89 bits per heavy atom. The Hall–Kier alpha value is -0.770. The van der Waals surface area contributed by atoms with E-state index in [-0.39, 0.29) is 11.9 Å². The lowest BCUT2D eigenvalue weighted by Gasteiger charge is -2.31. The van der Waals surface area contributed by atoms with Crippen LogP contribution in [0.15, 0.2) is 18.2 Å². The topological polar surface area (TPSA) is 55.1 Å². The average molecular weight is 301 g/mol. The maximum Gasteiger partial charge on any atom is 0.254 e. The van der Waals surface area contributed by atoms with Gasteiger partial charge in [-0.25, -0.2) is 0 Å². The van der Waals surface area contributed by atoms with Crippen LogP contribution in [0.2, 0.25) is 10.0 Å². The van der Waals surface area contributed by atoms with Gasteiger partial charge in [-0.2, -0.15) is 0 Å². The molecule has 0 aliphatic heterocycles. The summed E-state index contributed by atoms with van der Waals surface area (Å²) in [6, 6.07) is 5.19. The van der Waals surface area contributed by atoms with Gasteiger partial charge in [-0.3, -0.25) is 4.79 Å². The fourth-order valence-electron chi connectivity index (χ4n) is 2.64. The summed E-state index contributed by atoms with van der Waals surface area (Å²) in [6.07, 6.45) is 4.34. The van der Waals surface area contributed by atoms with Gasteiger partial charge in [0, 0.05) is 6.04 Å². The van der Waals surface area contributed by atoms with Crippen LogP contribution in [-0.2, 0) is 0 Å². The molecule has 1 amide bonds. The smallest absolute Gasteiger partial charge is 0.254 e. The Kier molecular flexibility index (Phi) is 5.08. The highest BCUT2D eigenvalue weighted by Gasteiger charge is 2.26. The highest BCUT2D eigenvalue weighted by atomic mass is 35.5. The van der Waals surface area contributed by atoms with Crippen LogP contribution < -0.4 is 11.1 Å². The molecule has 0 saturated heterocycles. The largest absolute Gasteiger partial charge is 0.349 e. The second-order valence-electron chi connectivity index (χ2n) is 4.96. The first-order valence-corrected chi connectivity index (χ1v) is 7.34. The van der Waals surface area contributed by atoms with Crippen LogP contribution in [0.25, 0.3) is 0 Å². The van der Waals surface area contributed by atoms with E-state index in [0.29, 0.717) is 28.1 Å². The van der Waals surface area contributed by atoms with Gasteiger partial charge in [-0.1, -0.05) is 42.1 Å². The molecule has 0 bridgehead atoms. The summed E-state index contributed by atoms with van der Waals surface area (Å²) in [5.41, 5.74) is 6.12. The first kappa shape index (κ1) is 14.6. The lowest BCUT2D eigenvalue weighted by atomic mass is 9.84. The predicted octanol–water partition coefficient (Wildman–Crippen LogP) is 3.24. The summed E-state index contributed by atoms with van der Waals surface area (Å²) < 4.78 is 0. The molecule has 2 rings (SSSR count). The summed E-state index contributed by atoms with van der Waals surface area (Å²) in [5, 5.41) is 3.79. The number of nitrogens with one attached hydrogen (secondary N) is 1. The van der Waals surface area contributed by atoms with Crippen molar-refractivity contribution in [3.63, 3.8) is 0 Å². The van der Waals surface area contributed by atoms with E-state index in [1.54, 1.807) is 18.2 Å². The molecule has 0 radical (unpaired) electrons. The minimum absolute atomic E-state index is 0.124. The van der Waals surface area contributed by atoms with Gasteiger partial charge in [0.05, 0.1) is 15.6 Å². The third-order valence-corrected chi connectivity index (χ3v) is 4.35. The van der Waals surface area contributed by atoms with Crippen molar-refractivity contribution in [3.8, 4) is 0 Å². The molecule has 3 N–H and O–H groups in total. The fourth-order valence-corrected chi connectivity index (χ4v) is 3.20. The van der Waals surface area contributed by atoms with Gasteiger partial charge in [-0.05, 0) is 37.4 Å². The summed E-state index contributed by atoms with van der Waals surface area (Å²) in [4.78, 5) is 12.3. The Balaban J connectivity index is 2.12. The SMILES string of the molecule is NCC1CCCCC1NC(=O)c1c(Cl)cccc1Cl. The Morgan fingerprint density at radius 3 is 2.53 bits per heavy atom. The molecule has 2 unspecified atom stereocenters. The normalized spacial score (nSPS) is 23.1. The van der Waals surface area contributed by atoms with Crippen LogP contribution in [0, 0.1) is 5.92 Å². The van der Waals surface area contributed by atoms with Gasteiger partial charge in [0.15, 0.2) is 0 Å². The standard InChI is InChI=1S/C14H18Cl2N2O/c15-10-5-3-6-11(16)13(10)14(19)18-12-7-2-1-4-9(12)8-17/h3,5-6,9,12H,1-2,4,7-8,17H2,(H,18,19). The van der Waals surface area contributed by atoms with Gasteiger partial charge in [0.2, 0.25) is 0 Å². The Morgan fingerprint density at radius 1 is 1.26 bits per heavy atom. The molecule has 5 heteroatoms. The van der Waals surface area contributed by atoms with Crippen molar-refractivity contribution in [1.82, 2.24) is 5.32 Å².